The highest BCUT2D eigenvalue weighted by Gasteiger charge is 2.02. The number of hydrogen-bond donors (Lipinski definition) is 2. The Hall–Kier alpha value is -0.450. The molecule has 0 amide bonds. The summed E-state index contributed by atoms with van der Waals surface area (Å²) in [5, 5.41) is 11.5. The van der Waals surface area contributed by atoms with Crippen LogP contribution in [0.2, 0.25) is 0 Å². The lowest BCUT2D eigenvalue weighted by atomic mass is 10.2. The fourth-order valence-corrected chi connectivity index (χ4v) is 1.35. The molecule has 0 aliphatic heterocycles. The first kappa shape index (κ1) is 7.65. The molecule has 1 aromatic heterocycles. The number of rotatable bonds is 3. The summed E-state index contributed by atoms with van der Waals surface area (Å²) in [6, 6.07) is -0.161. The van der Waals surface area contributed by atoms with Gasteiger partial charge in [-0.25, -0.2) is 4.98 Å². The van der Waals surface area contributed by atoms with Crippen molar-refractivity contribution in [2.24, 2.45) is 5.73 Å². The Morgan fingerprint density at radius 2 is 2.60 bits per heavy atom. The van der Waals surface area contributed by atoms with Gasteiger partial charge in [0.1, 0.15) is 0 Å². The zero-order valence-electron chi connectivity index (χ0n) is 5.53. The Labute approximate surface area is 63.5 Å². The lowest BCUT2D eigenvalue weighted by molar-refractivity contribution is 0.265. The van der Waals surface area contributed by atoms with E-state index in [1.807, 2.05) is 5.38 Å². The van der Waals surface area contributed by atoms with Gasteiger partial charge >= 0.3 is 0 Å². The second kappa shape index (κ2) is 3.65. The third-order valence-electron chi connectivity index (χ3n) is 1.15. The van der Waals surface area contributed by atoms with Crippen LogP contribution in [0.25, 0.3) is 0 Å². The molecule has 3 N–H and O–H groups in total. The van der Waals surface area contributed by atoms with Crippen molar-refractivity contribution in [2.45, 2.75) is 12.5 Å². The number of nitrogens with zero attached hydrogens (tertiary/aromatic N) is 1. The van der Waals surface area contributed by atoms with Crippen LogP contribution in [-0.4, -0.2) is 22.7 Å². The van der Waals surface area contributed by atoms with Crippen molar-refractivity contribution in [3.8, 4) is 0 Å². The van der Waals surface area contributed by atoms with E-state index in [4.69, 9.17) is 10.8 Å². The van der Waals surface area contributed by atoms with Crippen LogP contribution >= 0.6 is 11.3 Å². The van der Waals surface area contributed by atoms with Crippen molar-refractivity contribution in [3.63, 3.8) is 0 Å². The molecule has 4 heteroatoms. The first-order valence-corrected chi connectivity index (χ1v) is 3.95. The van der Waals surface area contributed by atoms with E-state index in [1.165, 1.54) is 0 Å². The molecule has 0 fully saturated rings. The average molecular weight is 158 g/mol. The van der Waals surface area contributed by atoms with E-state index in [9.17, 15) is 0 Å². The van der Waals surface area contributed by atoms with Crippen LogP contribution in [0.1, 0.15) is 5.01 Å². The van der Waals surface area contributed by atoms with Gasteiger partial charge in [-0.05, 0) is 0 Å². The second-order valence-corrected chi connectivity index (χ2v) is 3.05. The Bertz CT molecular complexity index is 176. The van der Waals surface area contributed by atoms with Gasteiger partial charge in [-0.2, -0.15) is 0 Å². The molecule has 1 atom stereocenters. The molecule has 0 aliphatic rings. The number of aromatic nitrogens is 1. The highest BCUT2D eigenvalue weighted by atomic mass is 32.1. The van der Waals surface area contributed by atoms with Crippen LogP contribution in [-0.2, 0) is 6.42 Å². The number of thiazole rings is 1. The van der Waals surface area contributed by atoms with E-state index < -0.39 is 0 Å². The Kier molecular flexibility index (Phi) is 2.80. The highest BCUT2D eigenvalue weighted by molar-refractivity contribution is 7.09. The lowest BCUT2D eigenvalue weighted by Gasteiger charge is -2.02. The van der Waals surface area contributed by atoms with E-state index in [0.717, 1.165) is 5.01 Å². The summed E-state index contributed by atoms with van der Waals surface area (Å²) in [5.74, 6) is 0. The van der Waals surface area contributed by atoms with Gasteiger partial charge in [0.25, 0.3) is 0 Å². The van der Waals surface area contributed by atoms with Crippen LogP contribution in [0.15, 0.2) is 11.6 Å². The van der Waals surface area contributed by atoms with Gasteiger partial charge in [0.15, 0.2) is 0 Å². The number of hydrogen-bond acceptors (Lipinski definition) is 4. The number of aliphatic hydroxyl groups excluding tert-OH is 1. The van der Waals surface area contributed by atoms with Crippen molar-refractivity contribution in [1.82, 2.24) is 4.98 Å². The largest absolute Gasteiger partial charge is 0.395 e. The summed E-state index contributed by atoms with van der Waals surface area (Å²) in [6.07, 6.45) is 2.41. The minimum atomic E-state index is -0.161. The van der Waals surface area contributed by atoms with Crippen molar-refractivity contribution >= 4 is 11.3 Å². The monoisotopic (exact) mass is 158 g/mol. The summed E-state index contributed by atoms with van der Waals surface area (Å²) in [6.45, 7) is 0.0274. The van der Waals surface area contributed by atoms with Crippen LogP contribution in [0.3, 0.4) is 0 Å². The maximum absolute atomic E-state index is 8.59. The van der Waals surface area contributed by atoms with E-state index in [2.05, 4.69) is 4.98 Å². The normalized spacial score (nSPS) is 13.4. The molecule has 0 saturated carbocycles. The zero-order valence-corrected chi connectivity index (χ0v) is 6.34. The van der Waals surface area contributed by atoms with Crippen molar-refractivity contribution < 1.29 is 5.11 Å². The van der Waals surface area contributed by atoms with Crippen molar-refractivity contribution in [1.29, 1.82) is 0 Å². The molecular formula is C6H10N2OS. The van der Waals surface area contributed by atoms with Gasteiger partial charge in [0, 0.05) is 24.0 Å². The van der Waals surface area contributed by atoms with E-state index >= 15 is 0 Å². The van der Waals surface area contributed by atoms with Crippen LogP contribution in [0.4, 0.5) is 0 Å². The Morgan fingerprint density at radius 3 is 3.10 bits per heavy atom. The van der Waals surface area contributed by atoms with Gasteiger partial charge in [-0.3, -0.25) is 0 Å². The first-order chi connectivity index (χ1) is 4.83. The van der Waals surface area contributed by atoms with Crippen LogP contribution in [0, 0.1) is 0 Å². The maximum atomic E-state index is 8.59. The Morgan fingerprint density at radius 1 is 1.80 bits per heavy atom. The maximum Gasteiger partial charge on any atom is 0.0941 e. The molecule has 0 unspecified atom stereocenters. The van der Waals surface area contributed by atoms with Crippen molar-refractivity contribution in [2.75, 3.05) is 6.61 Å². The molecule has 56 valence electrons. The minimum Gasteiger partial charge on any atom is -0.395 e. The molecule has 0 aliphatic carbocycles. The summed E-state index contributed by atoms with van der Waals surface area (Å²) >= 11 is 1.56. The fourth-order valence-electron chi connectivity index (χ4n) is 0.643. The molecule has 10 heavy (non-hydrogen) atoms. The third kappa shape index (κ3) is 2.06. The van der Waals surface area contributed by atoms with Gasteiger partial charge in [-0.1, -0.05) is 0 Å². The van der Waals surface area contributed by atoms with Crippen LogP contribution < -0.4 is 5.73 Å². The fraction of sp³-hybridized carbons (Fsp3) is 0.500. The molecule has 0 radical (unpaired) electrons. The number of aliphatic hydroxyl groups is 1. The first-order valence-electron chi connectivity index (χ1n) is 3.07. The topological polar surface area (TPSA) is 59.1 Å². The lowest BCUT2D eigenvalue weighted by Crippen LogP contribution is -2.26. The predicted octanol–water partition coefficient (Wildman–Crippen LogP) is 0.00520. The predicted molar refractivity (Wildman–Crippen MR) is 40.9 cm³/mol. The summed E-state index contributed by atoms with van der Waals surface area (Å²) in [5.41, 5.74) is 5.48. The standard InChI is InChI=1S/C6H10N2OS/c7-5(4-9)3-6-8-1-2-10-6/h1-2,5,9H,3-4,7H2/t5-/m1/s1. The molecular weight excluding hydrogens is 148 g/mol. The van der Waals surface area contributed by atoms with Gasteiger partial charge < -0.3 is 10.8 Å². The summed E-state index contributed by atoms with van der Waals surface area (Å²) in [4.78, 5) is 4.03. The third-order valence-corrected chi connectivity index (χ3v) is 1.96. The van der Waals surface area contributed by atoms with Gasteiger partial charge in [-0.15, -0.1) is 11.3 Å². The summed E-state index contributed by atoms with van der Waals surface area (Å²) in [7, 11) is 0. The second-order valence-electron chi connectivity index (χ2n) is 2.07. The molecule has 1 aromatic rings. The van der Waals surface area contributed by atoms with E-state index in [1.54, 1.807) is 17.5 Å². The van der Waals surface area contributed by atoms with E-state index in [0.29, 0.717) is 6.42 Å². The Balaban J connectivity index is 2.40. The molecule has 0 saturated heterocycles. The quantitative estimate of drug-likeness (QED) is 0.651. The highest BCUT2D eigenvalue weighted by Crippen LogP contribution is 2.05. The zero-order chi connectivity index (χ0) is 7.40. The smallest absolute Gasteiger partial charge is 0.0941 e. The molecule has 0 spiro atoms. The summed E-state index contributed by atoms with van der Waals surface area (Å²) < 4.78 is 0. The van der Waals surface area contributed by atoms with Crippen LogP contribution in [0.5, 0.6) is 0 Å². The SMILES string of the molecule is N[C@@H](CO)Cc1nccs1. The minimum absolute atomic E-state index is 0.0274. The van der Waals surface area contributed by atoms with Gasteiger partial charge in [0.2, 0.25) is 0 Å². The average Bonchev–Trinajstić information content (AvgIpc) is 2.40. The van der Waals surface area contributed by atoms with Gasteiger partial charge in [0.05, 0.1) is 11.6 Å². The molecule has 1 heterocycles. The molecule has 0 aromatic carbocycles. The molecule has 1 rings (SSSR count). The van der Waals surface area contributed by atoms with Crippen molar-refractivity contribution in [3.05, 3.63) is 16.6 Å². The molecule has 0 bridgehead atoms. The molecule has 3 nitrogen and oxygen atoms in total. The van der Waals surface area contributed by atoms with E-state index in [-0.39, 0.29) is 12.6 Å². The number of nitrogens with two attached hydrogens (primary N) is 1.